The Hall–Kier alpha value is 0.390. The zero-order valence-corrected chi connectivity index (χ0v) is 14.3. The first-order valence-corrected chi connectivity index (χ1v) is 8.07. The van der Waals surface area contributed by atoms with Crippen LogP contribution in [0.3, 0.4) is 0 Å². The highest BCUT2D eigenvalue weighted by Crippen LogP contribution is 2.34. The molecule has 1 aromatic rings. The standard InChI is InChI=1S/C13H21BrClNOS/c1-13(2,9-16-6-7-17-3)5-4-10-8-11(15)12(14)18-10/h8,16H,4-7,9H2,1-3H3. The lowest BCUT2D eigenvalue weighted by Gasteiger charge is -2.24. The van der Waals surface area contributed by atoms with Crippen molar-refractivity contribution in [3.05, 3.63) is 19.8 Å². The number of halogens is 2. The third kappa shape index (κ3) is 6.02. The molecule has 18 heavy (non-hydrogen) atoms. The second kappa shape index (κ2) is 7.85. The van der Waals surface area contributed by atoms with Crippen molar-refractivity contribution in [2.75, 3.05) is 26.8 Å². The molecule has 2 nitrogen and oxygen atoms in total. The maximum absolute atomic E-state index is 6.04. The van der Waals surface area contributed by atoms with Crippen LogP contribution in [0.5, 0.6) is 0 Å². The molecule has 0 saturated heterocycles. The van der Waals surface area contributed by atoms with Gasteiger partial charge >= 0.3 is 0 Å². The van der Waals surface area contributed by atoms with Crippen LogP contribution in [0.1, 0.15) is 25.1 Å². The van der Waals surface area contributed by atoms with Crippen LogP contribution < -0.4 is 5.32 Å². The number of rotatable bonds is 8. The summed E-state index contributed by atoms with van der Waals surface area (Å²) in [6, 6.07) is 2.06. The SMILES string of the molecule is COCCNCC(C)(C)CCc1cc(Cl)c(Br)s1. The summed E-state index contributed by atoms with van der Waals surface area (Å²) in [5, 5.41) is 4.25. The van der Waals surface area contributed by atoms with Crippen LogP contribution in [0.25, 0.3) is 0 Å². The smallest absolute Gasteiger partial charge is 0.0887 e. The third-order valence-electron chi connectivity index (χ3n) is 2.83. The molecule has 0 aromatic carbocycles. The zero-order valence-electron chi connectivity index (χ0n) is 11.2. The summed E-state index contributed by atoms with van der Waals surface area (Å²) in [6.45, 7) is 7.27. The van der Waals surface area contributed by atoms with Crippen LogP contribution in [0.2, 0.25) is 5.02 Å². The predicted octanol–water partition coefficient (Wildman–Crippen LogP) is 4.36. The van der Waals surface area contributed by atoms with E-state index in [1.807, 2.05) is 0 Å². The topological polar surface area (TPSA) is 21.3 Å². The lowest BCUT2D eigenvalue weighted by Crippen LogP contribution is -2.31. The number of ether oxygens (including phenoxy) is 1. The minimum Gasteiger partial charge on any atom is -0.383 e. The lowest BCUT2D eigenvalue weighted by atomic mass is 9.87. The number of thiophene rings is 1. The van der Waals surface area contributed by atoms with Crippen molar-refractivity contribution < 1.29 is 4.74 Å². The summed E-state index contributed by atoms with van der Waals surface area (Å²) < 4.78 is 6.06. The first-order valence-electron chi connectivity index (χ1n) is 6.08. The molecule has 0 aliphatic rings. The van der Waals surface area contributed by atoms with Gasteiger partial charge in [0.15, 0.2) is 0 Å². The molecule has 0 unspecified atom stereocenters. The highest BCUT2D eigenvalue weighted by atomic mass is 79.9. The molecule has 0 aliphatic heterocycles. The lowest BCUT2D eigenvalue weighted by molar-refractivity contribution is 0.193. The van der Waals surface area contributed by atoms with Gasteiger partial charge in [-0.05, 0) is 40.3 Å². The van der Waals surface area contributed by atoms with E-state index in [4.69, 9.17) is 16.3 Å². The minimum atomic E-state index is 0.288. The summed E-state index contributed by atoms with van der Waals surface area (Å²) in [7, 11) is 1.73. The Bertz CT molecular complexity index is 348. The van der Waals surface area contributed by atoms with Crippen LogP contribution >= 0.6 is 38.9 Å². The van der Waals surface area contributed by atoms with E-state index < -0.39 is 0 Å². The van der Waals surface area contributed by atoms with E-state index >= 15 is 0 Å². The van der Waals surface area contributed by atoms with Gasteiger partial charge in [-0.3, -0.25) is 0 Å². The molecule has 0 radical (unpaired) electrons. The van der Waals surface area contributed by atoms with Gasteiger partial charge in [-0.1, -0.05) is 25.4 Å². The van der Waals surface area contributed by atoms with E-state index in [0.717, 1.165) is 41.3 Å². The molecule has 1 rings (SSSR count). The zero-order chi connectivity index (χ0) is 13.6. The van der Waals surface area contributed by atoms with Crippen LogP contribution in [-0.4, -0.2) is 26.8 Å². The maximum atomic E-state index is 6.04. The van der Waals surface area contributed by atoms with Gasteiger partial charge in [0.25, 0.3) is 0 Å². The molecule has 0 fully saturated rings. The van der Waals surface area contributed by atoms with Crippen molar-refractivity contribution in [3.63, 3.8) is 0 Å². The summed E-state index contributed by atoms with van der Waals surface area (Å²) in [6.07, 6.45) is 2.23. The van der Waals surface area contributed by atoms with E-state index in [-0.39, 0.29) is 5.41 Å². The van der Waals surface area contributed by atoms with Crippen molar-refractivity contribution >= 4 is 38.9 Å². The normalized spacial score (nSPS) is 12.1. The predicted molar refractivity (Wildman–Crippen MR) is 83.9 cm³/mol. The average Bonchev–Trinajstić information content (AvgIpc) is 2.62. The van der Waals surface area contributed by atoms with Gasteiger partial charge in [0.2, 0.25) is 0 Å². The molecule has 0 spiro atoms. The summed E-state index contributed by atoms with van der Waals surface area (Å²) in [4.78, 5) is 1.34. The monoisotopic (exact) mass is 353 g/mol. The van der Waals surface area contributed by atoms with Gasteiger partial charge in [0, 0.05) is 25.1 Å². The number of aryl methyl sites for hydroxylation is 1. The molecule has 0 bridgehead atoms. The fourth-order valence-corrected chi connectivity index (χ4v) is 3.48. The molecule has 5 heteroatoms. The first kappa shape index (κ1) is 16.4. The van der Waals surface area contributed by atoms with E-state index in [9.17, 15) is 0 Å². The van der Waals surface area contributed by atoms with Gasteiger partial charge in [-0.2, -0.15) is 0 Å². The molecule has 1 heterocycles. The van der Waals surface area contributed by atoms with E-state index in [1.165, 1.54) is 4.88 Å². The minimum absolute atomic E-state index is 0.288. The van der Waals surface area contributed by atoms with E-state index in [2.05, 4.69) is 41.2 Å². The van der Waals surface area contributed by atoms with Crippen molar-refractivity contribution in [2.24, 2.45) is 5.41 Å². The van der Waals surface area contributed by atoms with E-state index in [0.29, 0.717) is 0 Å². The van der Waals surface area contributed by atoms with Crippen LogP contribution in [0.15, 0.2) is 9.85 Å². The van der Waals surface area contributed by atoms with E-state index in [1.54, 1.807) is 18.4 Å². The van der Waals surface area contributed by atoms with Crippen molar-refractivity contribution in [3.8, 4) is 0 Å². The quantitative estimate of drug-likeness (QED) is 0.700. The van der Waals surface area contributed by atoms with Gasteiger partial charge in [0.05, 0.1) is 15.4 Å². The largest absolute Gasteiger partial charge is 0.383 e. The van der Waals surface area contributed by atoms with Crippen molar-refractivity contribution in [1.82, 2.24) is 5.32 Å². The Kier molecular flexibility index (Phi) is 7.17. The Morgan fingerprint density at radius 3 is 2.78 bits per heavy atom. The van der Waals surface area contributed by atoms with Crippen LogP contribution in [0, 0.1) is 5.41 Å². The highest BCUT2D eigenvalue weighted by molar-refractivity contribution is 9.11. The van der Waals surface area contributed by atoms with Gasteiger partial charge in [0.1, 0.15) is 0 Å². The number of nitrogens with one attached hydrogen (secondary N) is 1. The first-order chi connectivity index (χ1) is 8.44. The number of methoxy groups -OCH3 is 1. The molecule has 0 aliphatic carbocycles. The Morgan fingerprint density at radius 2 is 2.22 bits per heavy atom. The second-order valence-corrected chi connectivity index (χ2v) is 8.03. The molecule has 1 aromatic heterocycles. The highest BCUT2D eigenvalue weighted by Gasteiger charge is 2.18. The molecular weight excluding hydrogens is 334 g/mol. The fourth-order valence-electron chi connectivity index (χ4n) is 1.67. The third-order valence-corrected chi connectivity index (χ3v) is 5.37. The van der Waals surface area contributed by atoms with Gasteiger partial charge in [-0.25, -0.2) is 0 Å². The fraction of sp³-hybridized carbons (Fsp3) is 0.692. The van der Waals surface area contributed by atoms with Crippen molar-refractivity contribution in [2.45, 2.75) is 26.7 Å². The molecule has 104 valence electrons. The van der Waals surface area contributed by atoms with Gasteiger partial charge in [-0.15, -0.1) is 11.3 Å². The van der Waals surface area contributed by atoms with Gasteiger partial charge < -0.3 is 10.1 Å². The Morgan fingerprint density at radius 1 is 1.50 bits per heavy atom. The molecule has 0 amide bonds. The second-order valence-electron chi connectivity index (χ2n) is 5.17. The summed E-state index contributed by atoms with van der Waals surface area (Å²) >= 11 is 11.2. The molecular formula is C13H21BrClNOS. The summed E-state index contributed by atoms with van der Waals surface area (Å²) in [5.74, 6) is 0. The van der Waals surface area contributed by atoms with Crippen LogP contribution in [-0.2, 0) is 11.2 Å². The molecule has 1 N–H and O–H groups in total. The van der Waals surface area contributed by atoms with Crippen molar-refractivity contribution in [1.29, 1.82) is 0 Å². The number of hydrogen-bond donors (Lipinski definition) is 1. The average molecular weight is 355 g/mol. The Labute approximate surface area is 127 Å². The number of hydrogen-bond acceptors (Lipinski definition) is 3. The van der Waals surface area contributed by atoms with Crippen LogP contribution in [0.4, 0.5) is 0 Å². The maximum Gasteiger partial charge on any atom is 0.0887 e. The molecule has 0 atom stereocenters. The molecule has 0 saturated carbocycles. The summed E-state index contributed by atoms with van der Waals surface area (Å²) in [5.41, 5.74) is 0.288. The Balaban J connectivity index is 2.31.